The number of aryl methyl sites for hydroxylation is 1. The fourth-order valence-electron chi connectivity index (χ4n) is 1.52. The molecule has 0 saturated heterocycles. The number of nitrogens with zero attached hydrogens (tertiary/aromatic N) is 1. The first-order valence-electron chi connectivity index (χ1n) is 4.92. The highest BCUT2D eigenvalue weighted by atomic mass is 16.4. The molecule has 0 aliphatic carbocycles. The largest absolute Gasteiger partial charge is 0.478 e. The van der Waals surface area contributed by atoms with Crippen LogP contribution in [0.5, 0.6) is 0 Å². The van der Waals surface area contributed by atoms with Crippen molar-refractivity contribution in [3.63, 3.8) is 0 Å². The zero-order valence-corrected chi connectivity index (χ0v) is 8.84. The van der Waals surface area contributed by atoms with Gasteiger partial charge in [-0.25, -0.2) is 4.79 Å². The number of pyridine rings is 1. The van der Waals surface area contributed by atoms with Crippen molar-refractivity contribution in [3.8, 4) is 0 Å². The van der Waals surface area contributed by atoms with Crippen LogP contribution in [0.4, 0.5) is 0 Å². The second-order valence-corrected chi connectivity index (χ2v) is 3.64. The molecule has 0 fully saturated rings. The minimum atomic E-state index is -0.947. The summed E-state index contributed by atoms with van der Waals surface area (Å²) >= 11 is 0. The molecule has 0 radical (unpaired) electrons. The average Bonchev–Trinajstić information content (AvgIpc) is 2.26. The van der Waals surface area contributed by atoms with Crippen LogP contribution in [0.2, 0.25) is 0 Å². The molecule has 2 rings (SSSR count). The number of hydrogen-bond donors (Lipinski definition) is 1. The molecule has 1 N–H and O–H groups in total. The van der Waals surface area contributed by atoms with Crippen LogP contribution in [-0.2, 0) is 4.79 Å². The molecule has 80 valence electrons. The average molecular weight is 213 g/mol. The van der Waals surface area contributed by atoms with Crippen LogP contribution in [0.15, 0.2) is 36.5 Å². The van der Waals surface area contributed by atoms with Gasteiger partial charge in [0.1, 0.15) is 0 Å². The predicted molar refractivity (Wildman–Crippen MR) is 63.1 cm³/mol. The Morgan fingerprint density at radius 1 is 1.38 bits per heavy atom. The van der Waals surface area contributed by atoms with Gasteiger partial charge in [0.25, 0.3) is 0 Å². The molecule has 2 aromatic rings. The van der Waals surface area contributed by atoms with E-state index in [4.69, 9.17) is 5.11 Å². The van der Waals surface area contributed by atoms with E-state index >= 15 is 0 Å². The van der Waals surface area contributed by atoms with Gasteiger partial charge in [-0.1, -0.05) is 12.1 Å². The third-order valence-electron chi connectivity index (χ3n) is 2.26. The van der Waals surface area contributed by atoms with E-state index in [1.165, 1.54) is 0 Å². The SMILES string of the molecule is Cc1cnc2cc(/C=C/C(=O)O)ccc2c1. The molecule has 0 aliphatic heterocycles. The third kappa shape index (κ3) is 2.25. The summed E-state index contributed by atoms with van der Waals surface area (Å²) < 4.78 is 0. The van der Waals surface area contributed by atoms with E-state index in [0.29, 0.717) is 0 Å². The van der Waals surface area contributed by atoms with Gasteiger partial charge in [0, 0.05) is 17.7 Å². The van der Waals surface area contributed by atoms with Crippen molar-refractivity contribution < 1.29 is 9.90 Å². The smallest absolute Gasteiger partial charge is 0.328 e. The quantitative estimate of drug-likeness (QED) is 0.780. The summed E-state index contributed by atoms with van der Waals surface area (Å²) in [6.45, 7) is 1.99. The first-order valence-corrected chi connectivity index (χ1v) is 4.92. The van der Waals surface area contributed by atoms with Gasteiger partial charge in [0.2, 0.25) is 0 Å². The van der Waals surface area contributed by atoms with Crippen LogP contribution in [-0.4, -0.2) is 16.1 Å². The van der Waals surface area contributed by atoms with Crippen molar-refractivity contribution in [1.82, 2.24) is 4.98 Å². The van der Waals surface area contributed by atoms with E-state index in [9.17, 15) is 4.79 Å². The maximum Gasteiger partial charge on any atom is 0.328 e. The Kier molecular flexibility index (Phi) is 2.68. The minimum Gasteiger partial charge on any atom is -0.478 e. The molecule has 0 saturated carbocycles. The van der Waals surface area contributed by atoms with E-state index in [1.54, 1.807) is 12.3 Å². The first-order chi connectivity index (χ1) is 7.65. The number of aromatic nitrogens is 1. The monoisotopic (exact) mass is 213 g/mol. The van der Waals surface area contributed by atoms with Gasteiger partial charge < -0.3 is 5.11 Å². The van der Waals surface area contributed by atoms with Gasteiger partial charge in [-0.2, -0.15) is 0 Å². The van der Waals surface area contributed by atoms with E-state index in [1.807, 2.05) is 31.2 Å². The topological polar surface area (TPSA) is 50.2 Å². The molecular formula is C13H11NO2. The fraction of sp³-hybridized carbons (Fsp3) is 0.0769. The van der Waals surface area contributed by atoms with Crippen LogP contribution in [0, 0.1) is 6.92 Å². The Labute approximate surface area is 93.1 Å². The number of benzene rings is 1. The zero-order chi connectivity index (χ0) is 11.5. The Balaban J connectivity index is 2.44. The van der Waals surface area contributed by atoms with Crippen LogP contribution in [0.3, 0.4) is 0 Å². The second-order valence-electron chi connectivity index (χ2n) is 3.64. The third-order valence-corrected chi connectivity index (χ3v) is 2.26. The summed E-state index contributed by atoms with van der Waals surface area (Å²) in [5.74, 6) is -0.947. The molecule has 0 atom stereocenters. The van der Waals surface area contributed by atoms with E-state index in [0.717, 1.165) is 28.1 Å². The molecule has 1 aromatic carbocycles. The number of carbonyl (C=O) groups is 1. The van der Waals surface area contributed by atoms with Crippen molar-refractivity contribution >= 4 is 22.9 Å². The molecule has 0 spiro atoms. The summed E-state index contributed by atoms with van der Waals surface area (Å²) in [5.41, 5.74) is 2.82. The lowest BCUT2D eigenvalue weighted by Gasteiger charge is -1.99. The highest BCUT2D eigenvalue weighted by Gasteiger charge is 1.96. The molecule has 16 heavy (non-hydrogen) atoms. The van der Waals surface area contributed by atoms with Crippen molar-refractivity contribution in [3.05, 3.63) is 47.7 Å². The van der Waals surface area contributed by atoms with Gasteiger partial charge in [-0.15, -0.1) is 0 Å². The minimum absolute atomic E-state index is 0.839. The summed E-state index contributed by atoms with van der Waals surface area (Å²) in [7, 11) is 0. The van der Waals surface area contributed by atoms with Crippen LogP contribution in [0.25, 0.3) is 17.0 Å². The lowest BCUT2D eigenvalue weighted by atomic mass is 10.1. The number of carboxylic acids is 1. The number of carboxylic acid groups (broad SMARTS) is 1. The number of hydrogen-bond acceptors (Lipinski definition) is 2. The summed E-state index contributed by atoms with van der Waals surface area (Å²) in [4.78, 5) is 14.7. The van der Waals surface area contributed by atoms with Crippen molar-refractivity contribution in [2.75, 3.05) is 0 Å². The highest BCUT2D eigenvalue weighted by molar-refractivity contribution is 5.87. The van der Waals surface area contributed by atoms with Gasteiger partial charge in [-0.3, -0.25) is 4.98 Å². The summed E-state index contributed by atoms with van der Waals surface area (Å²) in [5, 5.41) is 9.58. The Bertz CT molecular complexity index is 573. The van der Waals surface area contributed by atoms with Crippen molar-refractivity contribution in [2.45, 2.75) is 6.92 Å². The lowest BCUT2D eigenvalue weighted by Crippen LogP contribution is -1.86. The first kappa shape index (κ1) is 10.4. The van der Waals surface area contributed by atoms with E-state index in [2.05, 4.69) is 4.98 Å². The predicted octanol–water partition coefficient (Wildman–Crippen LogP) is 2.64. The Morgan fingerprint density at radius 3 is 2.94 bits per heavy atom. The molecule has 0 aliphatic rings. The van der Waals surface area contributed by atoms with Gasteiger partial charge in [0.05, 0.1) is 5.52 Å². The molecule has 0 bridgehead atoms. The molecule has 1 aromatic heterocycles. The molecule has 3 heteroatoms. The Hall–Kier alpha value is -2.16. The lowest BCUT2D eigenvalue weighted by molar-refractivity contribution is -0.131. The maximum atomic E-state index is 10.4. The molecule has 3 nitrogen and oxygen atoms in total. The van der Waals surface area contributed by atoms with Gasteiger partial charge in [-0.05, 0) is 36.3 Å². The molecule has 1 heterocycles. The number of rotatable bonds is 2. The zero-order valence-electron chi connectivity index (χ0n) is 8.84. The maximum absolute atomic E-state index is 10.4. The van der Waals surface area contributed by atoms with E-state index in [-0.39, 0.29) is 0 Å². The Morgan fingerprint density at radius 2 is 2.19 bits per heavy atom. The van der Waals surface area contributed by atoms with Crippen LogP contribution >= 0.6 is 0 Å². The normalized spacial score (nSPS) is 11.1. The second kappa shape index (κ2) is 4.14. The van der Waals surface area contributed by atoms with E-state index < -0.39 is 5.97 Å². The highest BCUT2D eigenvalue weighted by Crippen LogP contribution is 2.15. The summed E-state index contributed by atoms with van der Waals surface area (Å²) in [6, 6.07) is 7.74. The molecule has 0 amide bonds. The van der Waals surface area contributed by atoms with Gasteiger partial charge in [0.15, 0.2) is 0 Å². The van der Waals surface area contributed by atoms with Crippen LogP contribution < -0.4 is 0 Å². The number of aliphatic carboxylic acids is 1. The van der Waals surface area contributed by atoms with Crippen molar-refractivity contribution in [1.29, 1.82) is 0 Å². The standard InChI is InChI=1S/C13H11NO2/c1-9-6-11-4-2-10(3-5-13(15)16)7-12(11)14-8-9/h2-8H,1H3,(H,15,16)/b5-3+. The fourth-order valence-corrected chi connectivity index (χ4v) is 1.52. The number of fused-ring (bicyclic) bond motifs is 1. The van der Waals surface area contributed by atoms with Crippen LogP contribution in [0.1, 0.15) is 11.1 Å². The van der Waals surface area contributed by atoms with Gasteiger partial charge >= 0.3 is 5.97 Å². The molecule has 0 unspecified atom stereocenters. The molecular weight excluding hydrogens is 202 g/mol. The van der Waals surface area contributed by atoms with Crippen molar-refractivity contribution in [2.24, 2.45) is 0 Å². The summed E-state index contributed by atoms with van der Waals surface area (Å²) in [6.07, 6.45) is 4.48.